The Morgan fingerprint density at radius 2 is 1.87 bits per heavy atom. The van der Waals surface area contributed by atoms with Crippen LogP contribution < -0.4 is 10.6 Å². The average Bonchev–Trinajstić information content (AvgIpc) is 3.12. The van der Waals surface area contributed by atoms with Crippen LogP contribution in [0.15, 0.2) is 54.9 Å². The van der Waals surface area contributed by atoms with Crippen LogP contribution in [0.3, 0.4) is 0 Å². The number of carbonyl (C=O) groups excluding carboxylic acids is 2. The van der Waals surface area contributed by atoms with Crippen LogP contribution in [-0.2, 0) is 22.8 Å². The fourth-order valence-electron chi connectivity index (χ4n) is 2.81. The molecule has 1 unspecified atom stereocenters. The molecule has 2 N–H and O–H groups in total. The summed E-state index contributed by atoms with van der Waals surface area (Å²) in [6.45, 7) is 0. The fourth-order valence-corrected chi connectivity index (χ4v) is 2.98. The van der Waals surface area contributed by atoms with E-state index in [1.165, 1.54) is 30.5 Å². The van der Waals surface area contributed by atoms with E-state index in [1.54, 1.807) is 17.8 Å². The van der Waals surface area contributed by atoms with Crippen molar-refractivity contribution >= 4 is 29.1 Å². The highest BCUT2D eigenvalue weighted by molar-refractivity contribution is 6.41. The van der Waals surface area contributed by atoms with Crippen molar-refractivity contribution in [3.05, 3.63) is 82.6 Å². The standard InChI is InChI=1S/C20H15ClF4N4O2/c1-29-8-7-26-17(29)16(11-3-2-4-13(22)9-11)28-19(31)18(30)27-15-10-12(20(23,24)25)5-6-14(15)21/h2-10,16H,1H3,(H,27,30)(H,28,31). The number of aryl methyl sites for hydroxylation is 1. The molecule has 2 aromatic carbocycles. The number of amides is 2. The second-order valence-corrected chi connectivity index (χ2v) is 6.91. The van der Waals surface area contributed by atoms with E-state index < -0.39 is 35.4 Å². The zero-order valence-electron chi connectivity index (χ0n) is 15.9. The second-order valence-electron chi connectivity index (χ2n) is 6.50. The van der Waals surface area contributed by atoms with Gasteiger partial charge in [0.15, 0.2) is 0 Å². The van der Waals surface area contributed by atoms with Gasteiger partial charge in [-0.05, 0) is 35.9 Å². The van der Waals surface area contributed by atoms with Crippen molar-refractivity contribution < 1.29 is 27.2 Å². The average molecular weight is 455 g/mol. The molecule has 1 aromatic heterocycles. The highest BCUT2D eigenvalue weighted by atomic mass is 35.5. The Kier molecular flexibility index (Phi) is 6.30. The first kappa shape index (κ1) is 22.3. The van der Waals surface area contributed by atoms with Gasteiger partial charge >= 0.3 is 18.0 Å². The van der Waals surface area contributed by atoms with E-state index in [4.69, 9.17) is 11.6 Å². The van der Waals surface area contributed by atoms with Gasteiger partial charge in [-0.15, -0.1) is 0 Å². The third kappa shape index (κ3) is 5.21. The van der Waals surface area contributed by atoms with Gasteiger partial charge in [-0.2, -0.15) is 13.2 Å². The molecule has 3 aromatic rings. The smallest absolute Gasteiger partial charge is 0.336 e. The van der Waals surface area contributed by atoms with Crippen LogP contribution in [0.25, 0.3) is 0 Å². The lowest BCUT2D eigenvalue weighted by molar-refractivity contribution is -0.137. The summed E-state index contributed by atoms with van der Waals surface area (Å²) in [6, 6.07) is 6.67. The second kappa shape index (κ2) is 8.76. The van der Waals surface area contributed by atoms with Crippen LogP contribution in [0.5, 0.6) is 0 Å². The summed E-state index contributed by atoms with van der Waals surface area (Å²) in [6.07, 6.45) is -1.61. The molecular weight excluding hydrogens is 440 g/mol. The summed E-state index contributed by atoms with van der Waals surface area (Å²) in [5.74, 6) is -2.68. The minimum atomic E-state index is -4.66. The molecule has 1 heterocycles. The molecule has 31 heavy (non-hydrogen) atoms. The number of alkyl halides is 3. The Labute approximate surface area is 178 Å². The maximum Gasteiger partial charge on any atom is 0.416 e. The fraction of sp³-hybridized carbons (Fsp3) is 0.150. The number of nitrogens with zero attached hydrogens (tertiary/aromatic N) is 2. The van der Waals surface area contributed by atoms with E-state index in [-0.39, 0.29) is 10.7 Å². The summed E-state index contributed by atoms with van der Waals surface area (Å²) in [7, 11) is 1.64. The van der Waals surface area contributed by atoms with Crippen LogP contribution >= 0.6 is 11.6 Å². The Balaban J connectivity index is 1.84. The molecule has 0 aliphatic carbocycles. The van der Waals surface area contributed by atoms with E-state index >= 15 is 0 Å². The van der Waals surface area contributed by atoms with Crippen LogP contribution in [0.4, 0.5) is 23.2 Å². The number of imidazole rings is 1. The predicted octanol–water partition coefficient (Wildman–Crippen LogP) is 4.08. The third-order valence-electron chi connectivity index (χ3n) is 4.32. The Morgan fingerprint density at radius 1 is 1.13 bits per heavy atom. The van der Waals surface area contributed by atoms with Gasteiger partial charge in [0.2, 0.25) is 0 Å². The lowest BCUT2D eigenvalue weighted by Gasteiger charge is -2.19. The number of nitrogens with one attached hydrogen (secondary N) is 2. The van der Waals surface area contributed by atoms with Gasteiger partial charge in [0, 0.05) is 19.4 Å². The molecular formula is C20H15ClF4N4O2. The molecule has 6 nitrogen and oxygen atoms in total. The number of hydrogen-bond donors (Lipinski definition) is 2. The summed E-state index contributed by atoms with van der Waals surface area (Å²) < 4.78 is 54.0. The Morgan fingerprint density at radius 3 is 2.48 bits per heavy atom. The van der Waals surface area contributed by atoms with Crippen LogP contribution in [0, 0.1) is 5.82 Å². The van der Waals surface area contributed by atoms with Crippen molar-refractivity contribution in [3.63, 3.8) is 0 Å². The van der Waals surface area contributed by atoms with Crippen LogP contribution in [0.2, 0.25) is 5.02 Å². The van der Waals surface area contributed by atoms with Gasteiger partial charge in [0.1, 0.15) is 17.7 Å². The SMILES string of the molecule is Cn1ccnc1C(NC(=O)C(=O)Nc1cc(C(F)(F)F)ccc1Cl)c1cccc(F)c1. The summed E-state index contributed by atoms with van der Waals surface area (Å²) in [5.41, 5.74) is -1.11. The van der Waals surface area contributed by atoms with Gasteiger partial charge < -0.3 is 15.2 Å². The van der Waals surface area contributed by atoms with Crippen LogP contribution in [-0.4, -0.2) is 21.4 Å². The molecule has 0 aliphatic heterocycles. The number of benzene rings is 2. The molecule has 0 fully saturated rings. The minimum absolute atomic E-state index is 0.181. The summed E-state index contributed by atoms with van der Waals surface area (Å²) in [4.78, 5) is 29.0. The maximum atomic E-state index is 13.7. The highest BCUT2D eigenvalue weighted by Crippen LogP contribution is 2.33. The molecule has 0 aliphatic rings. The number of rotatable bonds is 4. The molecule has 0 radical (unpaired) electrons. The van der Waals surface area contributed by atoms with Gasteiger partial charge in [-0.3, -0.25) is 9.59 Å². The monoisotopic (exact) mass is 454 g/mol. The van der Waals surface area contributed by atoms with Crippen molar-refractivity contribution in [2.75, 3.05) is 5.32 Å². The summed E-state index contributed by atoms with van der Waals surface area (Å²) in [5, 5.41) is 4.31. The highest BCUT2D eigenvalue weighted by Gasteiger charge is 2.31. The van der Waals surface area contributed by atoms with E-state index in [0.29, 0.717) is 17.5 Å². The number of hydrogen-bond acceptors (Lipinski definition) is 3. The molecule has 3 rings (SSSR count). The largest absolute Gasteiger partial charge is 0.416 e. The van der Waals surface area contributed by atoms with Crippen molar-refractivity contribution in [1.82, 2.24) is 14.9 Å². The molecule has 0 saturated carbocycles. The zero-order valence-corrected chi connectivity index (χ0v) is 16.6. The first-order valence-corrected chi connectivity index (χ1v) is 9.15. The molecule has 0 bridgehead atoms. The number of anilines is 1. The maximum absolute atomic E-state index is 13.7. The minimum Gasteiger partial charge on any atom is -0.336 e. The van der Waals surface area contributed by atoms with Crippen molar-refractivity contribution in [2.45, 2.75) is 12.2 Å². The molecule has 11 heteroatoms. The number of aromatic nitrogens is 2. The first-order chi connectivity index (χ1) is 14.6. The predicted molar refractivity (Wildman–Crippen MR) is 105 cm³/mol. The number of carbonyl (C=O) groups is 2. The Hall–Kier alpha value is -3.40. The van der Waals surface area contributed by atoms with E-state index in [0.717, 1.165) is 12.1 Å². The molecule has 0 saturated heterocycles. The first-order valence-electron chi connectivity index (χ1n) is 8.77. The normalized spacial score (nSPS) is 12.3. The third-order valence-corrected chi connectivity index (χ3v) is 4.65. The van der Waals surface area contributed by atoms with Gasteiger partial charge in [-0.25, -0.2) is 9.37 Å². The van der Waals surface area contributed by atoms with Gasteiger partial charge in [-0.1, -0.05) is 23.7 Å². The molecule has 162 valence electrons. The molecule has 2 amide bonds. The van der Waals surface area contributed by atoms with Crippen molar-refractivity contribution in [1.29, 1.82) is 0 Å². The molecule has 0 spiro atoms. The Bertz CT molecular complexity index is 1130. The van der Waals surface area contributed by atoms with E-state index in [9.17, 15) is 27.2 Å². The van der Waals surface area contributed by atoms with Gasteiger partial charge in [0.25, 0.3) is 0 Å². The topological polar surface area (TPSA) is 76.0 Å². The summed E-state index contributed by atoms with van der Waals surface area (Å²) >= 11 is 5.85. The zero-order chi connectivity index (χ0) is 22.8. The molecule has 1 atom stereocenters. The lowest BCUT2D eigenvalue weighted by Crippen LogP contribution is -2.39. The quantitative estimate of drug-likeness (QED) is 0.461. The van der Waals surface area contributed by atoms with Crippen molar-refractivity contribution in [3.8, 4) is 0 Å². The van der Waals surface area contributed by atoms with E-state index in [2.05, 4.69) is 15.6 Å². The van der Waals surface area contributed by atoms with E-state index in [1.807, 2.05) is 0 Å². The van der Waals surface area contributed by atoms with Crippen LogP contribution in [0.1, 0.15) is 23.0 Å². The lowest BCUT2D eigenvalue weighted by atomic mass is 10.1. The van der Waals surface area contributed by atoms with Crippen molar-refractivity contribution in [2.24, 2.45) is 7.05 Å². The van der Waals surface area contributed by atoms with Gasteiger partial charge in [0.05, 0.1) is 16.3 Å². The number of halogens is 5.